The third-order valence-corrected chi connectivity index (χ3v) is 3.26. The number of carbonyl (C=O) groups is 3. The lowest BCUT2D eigenvalue weighted by molar-refractivity contribution is -0.141. The van der Waals surface area contributed by atoms with Gasteiger partial charge >= 0.3 is 12.0 Å². The molecule has 3 amide bonds. The van der Waals surface area contributed by atoms with Gasteiger partial charge in [-0.3, -0.25) is 4.79 Å². The molecule has 0 bridgehead atoms. The van der Waals surface area contributed by atoms with E-state index in [0.29, 0.717) is 0 Å². The van der Waals surface area contributed by atoms with Crippen molar-refractivity contribution in [3.8, 4) is 0 Å². The Morgan fingerprint density at radius 3 is 2.28 bits per heavy atom. The fraction of sp³-hybridized carbons (Fsp3) is 0.667. The van der Waals surface area contributed by atoms with E-state index in [0.717, 1.165) is 0 Å². The van der Waals surface area contributed by atoms with Crippen molar-refractivity contribution in [2.24, 2.45) is 11.5 Å². The van der Waals surface area contributed by atoms with Crippen molar-refractivity contribution in [1.29, 1.82) is 0 Å². The number of hydrogen-bond donors (Lipinski definition) is 9. The first kappa shape index (κ1) is 22.9. The standard InChI is InChI=1S/C12H24N6O6S/c1-5(20)9(11(22)23)17-12(24)16-7(2-8(14)21)10(25)18-15-3-6(13)4-19/h5-7,9,15,19-20H,2-4,13H2,1H3,(H2,14,21)(H,18,25)(H,22,23)(H2,16,17,24)/t5?,6-,7?,9+/m1/s1. The molecule has 2 unspecified atom stereocenters. The van der Waals surface area contributed by atoms with Crippen LogP contribution in [-0.2, 0) is 9.59 Å². The molecule has 0 aliphatic rings. The van der Waals surface area contributed by atoms with Crippen LogP contribution in [0.5, 0.6) is 0 Å². The van der Waals surface area contributed by atoms with Gasteiger partial charge in [-0.15, -0.1) is 0 Å². The maximum absolute atomic E-state index is 11.9. The predicted octanol–water partition coefficient (Wildman–Crippen LogP) is -3.90. The molecule has 0 aromatic heterocycles. The van der Waals surface area contributed by atoms with Crippen LogP contribution in [0.25, 0.3) is 0 Å². The summed E-state index contributed by atoms with van der Waals surface area (Å²) in [5.74, 6) is -2.19. The first-order valence-electron chi connectivity index (χ1n) is 7.23. The zero-order chi connectivity index (χ0) is 19.6. The van der Waals surface area contributed by atoms with Gasteiger partial charge in [0.2, 0.25) is 5.91 Å². The molecule has 0 saturated carbocycles. The number of nitrogens with one attached hydrogen (secondary N) is 4. The Hall–Kier alpha value is -2.06. The highest BCUT2D eigenvalue weighted by atomic mass is 32.1. The Labute approximate surface area is 149 Å². The van der Waals surface area contributed by atoms with E-state index in [1.165, 1.54) is 6.92 Å². The minimum absolute atomic E-state index is 0.0111. The van der Waals surface area contributed by atoms with Gasteiger partial charge in [0, 0.05) is 12.6 Å². The molecular formula is C12H24N6O6S. The van der Waals surface area contributed by atoms with Crippen LogP contribution in [-0.4, -0.2) is 75.6 Å². The molecule has 0 saturated heterocycles. The summed E-state index contributed by atoms with van der Waals surface area (Å²) in [6.07, 6.45) is -1.69. The monoisotopic (exact) mass is 380 g/mol. The van der Waals surface area contributed by atoms with Gasteiger partial charge in [0.1, 0.15) is 4.99 Å². The molecule has 0 rings (SSSR count). The SMILES string of the molecule is CC(O)[C@H](NC(=O)NC(CC(N)=O)C(=S)NNC[C@@H](N)CO)C(=O)O. The van der Waals surface area contributed by atoms with Crippen molar-refractivity contribution in [2.45, 2.75) is 37.6 Å². The number of aliphatic hydroxyl groups is 2. The maximum Gasteiger partial charge on any atom is 0.328 e. The molecule has 0 fully saturated rings. The smallest absolute Gasteiger partial charge is 0.328 e. The molecule has 13 heteroatoms. The predicted molar refractivity (Wildman–Crippen MR) is 91.2 cm³/mol. The number of aliphatic carboxylic acids is 1. The van der Waals surface area contributed by atoms with Crippen LogP contribution in [0.4, 0.5) is 4.79 Å². The van der Waals surface area contributed by atoms with Gasteiger partial charge in [-0.1, -0.05) is 12.2 Å². The molecule has 0 heterocycles. The highest BCUT2D eigenvalue weighted by Gasteiger charge is 2.27. The summed E-state index contributed by atoms with van der Waals surface area (Å²) in [4.78, 5) is 33.9. The number of primary amides is 1. The molecule has 25 heavy (non-hydrogen) atoms. The highest BCUT2D eigenvalue weighted by molar-refractivity contribution is 7.80. The average Bonchev–Trinajstić information content (AvgIpc) is 2.50. The van der Waals surface area contributed by atoms with Gasteiger partial charge in [-0.25, -0.2) is 15.0 Å². The van der Waals surface area contributed by atoms with Crippen molar-refractivity contribution in [3.63, 3.8) is 0 Å². The number of aliphatic hydroxyl groups excluding tert-OH is 2. The van der Waals surface area contributed by atoms with Crippen LogP contribution in [0.2, 0.25) is 0 Å². The summed E-state index contributed by atoms with van der Waals surface area (Å²) in [5.41, 5.74) is 15.7. The summed E-state index contributed by atoms with van der Waals surface area (Å²) in [5, 5.41) is 31.4. The van der Waals surface area contributed by atoms with Crippen molar-refractivity contribution < 1.29 is 29.7 Å². The number of nitrogens with two attached hydrogens (primary N) is 2. The van der Waals surface area contributed by atoms with E-state index in [9.17, 15) is 19.5 Å². The van der Waals surface area contributed by atoms with Gasteiger partial charge in [-0.2, -0.15) is 0 Å². The minimum Gasteiger partial charge on any atom is -0.480 e. The van der Waals surface area contributed by atoms with E-state index in [-0.39, 0.29) is 24.6 Å². The fourth-order valence-electron chi connectivity index (χ4n) is 1.56. The highest BCUT2D eigenvalue weighted by Crippen LogP contribution is 1.97. The molecule has 0 aromatic rings. The summed E-state index contributed by atoms with van der Waals surface area (Å²) in [6.45, 7) is 1.08. The summed E-state index contributed by atoms with van der Waals surface area (Å²) >= 11 is 5.02. The lowest BCUT2D eigenvalue weighted by Gasteiger charge is -2.23. The molecular weight excluding hydrogens is 356 g/mol. The number of hydrogen-bond acceptors (Lipinski definition) is 8. The zero-order valence-corrected chi connectivity index (χ0v) is 14.4. The molecule has 0 aromatic carbocycles. The largest absolute Gasteiger partial charge is 0.480 e. The Morgan fingerprint density at radius 1 is 1.24 bits per heavy atom. The van der Waals surface area contributed by atoms with Gasteiger partial charge < -0.3 is 42.8 Å². The van der Waals surface area contributed by atoms with Crippen LogP contribution in [0, 0.1) is 0 Å². The quantitative estimate of drug-likeness (QED) is 0.125. The normalized spacial score (nSPS) is 15.4. The molecule has 11 N–H and O–H groups in total. The Kier molecular flexibility index (Phi) is 10.5. The van der Waals surface area contributed by atoms with Crippen molar-refractivity contribution in [1.82, 2.24) is 21.5 Å². The molecule has 0 aliphatic carbocycles. The van der Waals surface area contributed by atoms with Gasteiger partial charge in [0.25, 0.3) is 0 Å². The van der Waals surface area contributed by atoms with Crippen LogP contribution in [0.3, 0.4) is 0 Å². The molecule has 4 atom stereocenters. The Morgan fingerprint density at radius 2 is 1.84 bits per heavy atom. The van der Waals surface area contributed by atoms with Crippen LogP contribution in [0.15, 0.2) is 0 Å². The zero-order valence-electron chi connectivity index (χ0n) is 13.6. The Balaban J connectivity index is 4.75. The molecule has 0 aliphatic heterocycles. The fourth-order valence-corrected chi connectivity index (χ4v) is 1.78. The lowest BCUT2D eigenvalue weighted by Crippen LogP contribution is -2.57. The average molecular weight is 380 g/mol. The second-order valence-electron chi connectivity index (χ2n) is 5.21. The van der Waals surface area contributed by atoms with E-state index in [1.54, 1.807) is 0 Å². The van der Waals surface area contributed by atoms with E-state index < -0.39 is 42.1 Å². The van der Waals surface area contributed by atoms with Crippen molar-refractivity contribution >= 4 is 35.1 Å². The van der Waals surface area contributed by atoms with Crippen LogP contribution in [0.1, 0.15) is 13.3 Å². The third kappa shape index (κ3) is 9.73. The van der Waals surface area contributed by atoms with E-state index in [2.05, 4.69) is 16.2 Å². The topological polar surface area (TPSA) is 212 Å². The van der Waals surface area contributed by atoms with Gasteiger partial charge in [0.15, 0.2) is 6.04 Å². The number of carboxylic acid groups (broad SMARTS) is 1. The maximum atomic E-state index is 11.9. The second kappa shape index (κ2) is 11.5. The number of thiocarbonyl (C=S) groups is 1. The number of carbonyl (C=O) groups excluding carboxylic acids is 2. The third-order valence-electron chi connectivity index (χ3n) is 2.87. The van der Waals surface area contributed by atoms with Gasteiger partial charge in [0.05, 0.1) is 25.2 Å². The van der Waals surface area contributed by atoms with Crippen LogP contribution < -0.4 is 33.0 Å². The molecule has 144 valence electrons. The molecule has 12 nitrogen and oxygen atoms in total. The Bertz CT molecular complexity index is 491. The first-order valence-corrected chi connectivity index (χ1v) is 7.64. The molecule has 0 radical (unpaired) electrons. The molecule has 0 spiro atoms. The number of rotatable bonds is 11. The lowest BCUT2D eigenvalue weighted by atomic mass is 10.2. The van der Waals surface area contributed by atoms with E-state index in [4.69, 9.17) is 33.9 Å². The number of amides is 3. The van der Waals surface area contributed by atoms with Crippen molar-refractivity contribution in [2.75, 3.05) is 13.2 Å². The van der Waals surface area contributed by atoms with E-state index >= 15 is 0 Å². The summed E-state index contributed by atoms with van der Waals surface area (Å²) in [6, 6.07) is -4.09. The second-order valence-corrected chi connectivity index (χ2v) is 5.65. The number of urea groups is 1. The van der Waals surface area contributed by atoms with Crippen LogP contribution >= 0.6 is 12.2 Å². The van der Waals surface area contributed by atoms with Gasteiger partial charge in [-0.05, 0) is 6.92 Å². The van der Waals surface area contributed by atoms with Crippen molar-refractivity contribution in [3.05, 3.63) is 0 Å². The number of hydrazine groups is 1. The van der Waals surface area contributed by atoms with E-state index in [1.807, 2.05) is 5.32 Å². The number of carboxylic acids is 1. The minimum atomic E-state index is -1.54. The first-order chi connectivity index (χ1) is 11.6. The summed E-state index contributed by atoms with van der Waals surface area (Å²) in [7, 11) is 0. The summed E-state index contributed by atoms with van der Waals surface area (Å²) < 4.78 is 0.